The monoisotopic (exact) mass is 280 g/mol. The van der Waals surface area contributed by atoms with Crippen molar-refractivity contribution in [1.82, 2.24) is 9.97 Å². The summed E-state index contributed by atoms with van der Waals surface area (Å²) in [5.41, 5.74) is 0.511. The van der Waals surface area contributed by atoms with Crippen LogP contribution in [0.2, 0.25) is 0 Å². The van der Waals surface area contributed by atoms with E-state index in [1.807, 2.05) is 0 Å². The third kappa shape index (κ3) is 2.29. The van der Waals surface area contributed by atoms with Gasteiger partial charge in [-0.15, -0.1) is 0 Å². The van der Waals surface area contributed by atoms with Crippen molar-refractivity contribution in [3.05, 3.63) is 70.3 Å². The maximum Gasteiger partial charge on any atom is 0.259 e. The summed E-state index contributed by atoms with van der Waals surface area (Å²) in [5.74, 6) is 0.0665. The van der Waals surface area contributed by atoms with Crippen LogP contribution in [0.15, 0.2) is 53.3 Å². The Balaban J connectivity index is 2.16. The molecule has 0 aliphatic heterocycles. The van der Waals surface area contributed by atoms with Gasteiger partial charge in [-0.25, -0.2) is 4.98 Å². The first-order valence-electron chi connectivity index (χ1n) is 6.37. The highest BCUT2D eigenvalue weighted by atomic mass is 16.5. The van der Waals surface area contributed by atoms with Crippen LogP contribution in [0.1, 0.15) is 16.2 Å². The first-order valence-corrected chi connectivity index (χ1v) is 6.37. The van der Waals surface area contributed by atoms with Crippen molar-refractivity contribution in [3.63, 3.8) is 0 Å². The van der Waals surface area contributed by atoms with E-state index in [1.54, 1.807) is 48.5 Å². The Morgan fingerprint density at radius 3 is 2.62 bits per heavy atom. The third-order valence-electron chi connectivity index (χ3n) is 3.18. The Labute approximate surface area is 120 Å². The number of nitrogens with one attached hydrogen (secondary N) is 1. The second-order valence-corrected chi connectivity index (χ2v) is 4.46. The van der Waals surface area contributed by atoms with Crippen molar-refractivity contribution >= 4 is 16.7 Å². The quantitative estimate of drug-likeness (QED) is 0.746. The summed E-state index contributed by atoms with van der Waals surface area (Å²) in [7, 11) is 1.49. The van der Waals surface area contributed by atoms with Crippen molar-refractivity contribution in [2.45, 2.75) is 0 Å². The minimum Gasteiger partial charge on any atom is -0.496 e. The number of aromatic nitrogens is 2. The molecule has 21 heavy (non-hydrogen) atoms. The van der Waals surface area contributed by atoms with Crippen LogP contribution in [-0.2, 0) is 0 Å². The lowest BCUT2D eigenvalue weighted by Gasteiger charge is -2.07. The summed E-state index contributed by atoms with van der Waals surface area (Å²) in [6.07, 6.45) is 0. The van der Waals surface area contributed by atoms with E-state index in [4.69, 9.17) is 4.74 Å². The molecule has 0 saturated heterocycles. The maximum atomic E-state index is 12.5. The number of benzene rings is 2. The number of carbonyl (C=O) groups excluding carboxylic acids is 1. The van der Waals surface area contributed by atoms with Crippen molar-refractivity contribution in [1.29, 1.82) is 0 Å². The molecule has 0 aliphatic rings. The minimum atomic E-state index is -0.379. The van der Waals surface area contributed by atoms with Crippen LogP contribution in [0.4, 0.5) is 0 Å². The van der Waals surface area contributed by atoms with Crippen molar-refractivity contribution in [2.75, 3.05) is 7.11 Å². The zero-order valence-electron chi connectivity index (χ0n) is 11.3. The summed E-state index contributed by atoms with van der Waals surface area (Å²) in [5, 5.41) is 0.453. The lowest BCUT2D eigenvalue weighted by atomic mass is 10.1. The van der Waals surface area contributed by atoms with Gasteiger partial charge in [0.05, 0.1) is 23.6 Å². The zero-order chi connectivity index (χ0) is 14.8. The van der Waals surface area contributed by atoms with Gasteiger partial charge in [0.2, 0.25) is 5.78 Å². The third-order valence-corrected chi connectivity index (χ3v) is 3.18. The van der Waals surface area contributed by atoms with E-state index in [1.165, 1.54) is 7.11 Å². The number of fused-ring (bicyclic) bond motifs is 1. The van der Waals surface area contributed by atoms with E-state index in [-0.39, 0.29) is 17.2 Å². The molecule has 0 spiro atoms. The molecular weight excluding hydrogens is 268 g/mol. The predicted molar refractivity (Wildman–Crippen MR) is 78.8 cm³/mol. The zero-order valence-corrected chi connectivity index (χ0v) is 11.3. The van der Waals surface area contributed by atoms with Gasteiger partial charge in [0.15, 0.2) is 5.82 Å². The molecule has 0 bridgehead atoms. The van der Waals surface area contributed by atoms with Gasteiger partial charge in [0.1, 0.15) is 5.75 Å². The molecule has 104 valence electrons. The molecule has 0 saturated carbocycles. The van der Waals surface area contributed by atoms with Gasteiger partial charge in [-0.3, -0.25) is 9.59 Å². The second-order valence-electron chi connectivity index (χ2n) is 4.46. The van der Waals surface area contributed by atoms with Crippen molar-refractivity contribution in [2.24, 2.45) is 0 Å². The van der Waals surface area contributed by atoms with Gasteiger partial charge in [-0.2, -0.15) is 0 Å². The Bertz CT molecular complexity index is 884. The van der Waals surface area contributed by atoms with Crippen LogP contribution in [0, 0.1) is 0 Å². The topological polar surface area (TPSA) is 72.0 Å². The van der Waals surface area contributed by atoms with Gasteiger partial charge < -0.3 is 9.72 Å². The number of hydrogen-bond donors (Lipinski definition) is 1. The minimum absolute atomic E-state index is 0.00296. The molecule has 0 amide bonds. The summed E-state index contributed by atoms with van der Waals surface area (Å²) < 4.78 is 5.17. The number of ether oxygens (including phenoxy) is 1. The van der Waals surface area contributed by atoms with E-state index < -0.39 is 0 Å². The second kappa shape index (κ2) is 5.20. The van der Waals surface area contributed by atoms with Crippen molar-refractivity contribution < 1.29 is 9.53 Å². The molecule has 5 heteroatoms. The highest BCUT2D eigenvalue weighted by Gasteiger charge is 2.17. The highest BCUT2D eigenvalue weighted by Crippen LogP contribution is 2.20. The first kappa shape index (κ1) is 13.1. The maximum absolute atomic E-state index is 12.5. The molecule has 0 atom stereocenters. The number of nitrogens with zero attached hydrogens (tertiary/aromatic N) is 1. The summed E-state index contributed by atoms with van der Waals surface area (Å²) >= 11 is 0. The van der Waals surface area contributed by atoms with Crippen LogP contribution in [0.3, 0.4) is 0 Å². The number of carbonyl (C=O) groups is 1. The average molecular weight is 280 g/mol. The number of aromatic amines is 1. The lowest BCUT2D eigenvalue weighted by Crippen LogP contribution is -2.17. The molecule has 3 aromatic rings. The number of methoxy groups -OCH3 is 1. The predicted octanol–water partition coefficient (Wildman–Crippen LogP) is 2.16. The summed E-state index contributed by atoms with van der Waals surface area (Å²) in [6.45, 7) is 0. The van der Waals surface area contributed by atoms with Gasteiger partial charge in [0.25, 0.3) is 5.56 Å². The normalized spacial score (nSPS) is 10.5. The molecule has 0 fully saturated rings. The van der Waals surface area contributed by atoms with E-state index in [2.05, 4.69) is 9.97 Å². The molecular formula is C16H12N2O3. The van der Waals surface area contributed by atoms with E-state index in [0.29, 0.717) is 22.2 Å². The fourth-order valence-corrected chi connectivity index (χ4v) is 2.15. The Morgan fingerprint density at radius 1 is 1.10 bits per heavy atom. The van der Waals surface area contributed by atoms with Crippen LogP contribution in [0.5, 0.6) is 5.75 Å². The molecule has 1 aromatic heterocycles. The number of H-pyrrole nitrogens is 1. The van der Waals surface area contributed by atoms with Crippen LogP contribution >= 0.6 is 0 Å². The Hall–Kier alpha value is -2.95. The van der Waals surface area contributed by atoms with Gasteiger partial charge in [0, 0.05) is 0 Å². The SMILES string of the molecule is COc1ccccc1C(=O)c1nc2ccccc2c(=O)[nH]1. The van der Waals surface area contributed by atoms with Crippen LogP contribution in [-0.4, -0.2) is 22.9 Å². The van der Waals surface area contributed by atoms with Crippen molar-refractivity contribution in [3.8, 4) is 5.75 Å². The molecule has 0 aliphatic carbocycles. The number of ketones is 1. The van der Waals surface area contributed by atoms with Crippen LogP contribution in [0.25, 0.3) is 10.9 Å². The molecule has 3 rings (SSSR count). The highest BCUT2D eigenvalue weighted by molar-refractivity contribution is 6.08. The largest absolute Gasteiger partial charge is 0.496 e. The van der Waals surface area contributed by atoms with E-state index in [9.17, 15) is 9.59 Å². The fourth-order valence-electron chi connectivity index (χ4n) is 2.15. The number of rotatable bonds is 3. The van der Waals surface area contributed by atoms with Gasteiger partial charge in [-0.1, -0.05) is 24.3 Å². The molecule has 2 aromatic carbocycles. The van der Waals surface area contributed by atoms with Gasteiger partial charge >= 0.3 is 0 Å². The molecule has 1 N–H and O–H groups in total. The standard InChI is InChI=1S/C16H12N2O3/c1-21-13-9-5-3-7-11(13)14(19)15-17-12-8-4-2-6-10(12)16(20)18-15/h2-9H,1H3,(H,17,18,20). The molecule has 5 nitrogen and oxygen atoms in total. The van der Waals surface area contributed by atoms with E-state index in [0.717, 1.165) is 0 Å². The fraction of sp³-hybridized carbons (Fsp3) is 0.0625. The lowest BCUT2D eigenvalue weighted by molar-refractivity contribution is 0.102. The van der Waals surface area contributed by atoms with E-state index >= 15 is 0 Å². The summed E-state index contributed by atoms with van der Waals surface area (Å²) in [4.78, 5) is 31.3. The Kier molecular flexibility index (Phi) is 3.23. The number of para-hydroxylation sites is 2. The average Bonchev–Trinajstić information content (AvgIpc) is 2.54. The van der Waals surface area contributed by atoms with Crippen LogP contribution < -0.4 is 10.3 Å². The summed E-state index contributed by atoms with van der Waals surface area (Å²) in [6, 6.07) is 13.7. The molecule has 0 unspecified atom stereocenters. The first-order chi connectivity index (χ1) is 10.2. The Morgan fingerprint density at radius 2 is 1.81 bits per heavy atom. The number of hydrogen-bond acceptors (Lipinski definition) is 4. The molecule has 1 heterocycles. The van der Waals surface area contributed by atoms with Gasteiger partial charge in [-0.05, 0) is 24.3 Å². The molecule has 0 radical (unpaired) electrons. The smallest absolute Gasteiger partial charge is 0.259 e.